The first kappa shape index (κ1) is 23.3. The maximum atomic E-state index is 11.3. The Morgan fingerprint density at radius 2 is 1.91 bits per heavy atom. The molecule has 9 heteroatoms. The molecule has 1 aliphatic heterocycles. The molecule has 5 rings (SSSR count). The van der Waals surface area contributed by atoms with Crippen molar-refractivity contribution < 1.29 is 14.6 Å². The molecule has 35 heavy (non-hydrogen) atoms. The molecule has 1 saturated carbocycles. The van der Waals surface area contributed by atoms with Gasteiger partial charge in [0.2, 0.25) is 0 Å². The number of carbonyl (C=O) groups is 1. The van der Waals surface area contributed by atoms with Crippen LogP contribution in [0.3, 0.4) is 0 Å². The lowest BCUT2D eigenvalue weighted by atomic mass is 9.92. The number of hydrogen-bond acceptors (Lipinski definition) is 7. The van der Waals surface area contributed by atoms with Gasteiger partial charge in [-0.15, -0.1) is 0 Å². The van der Waals surface area contributed by atoms with Crippen molar-refractivity contribution in [3.8, 4) is 17.0 Å². The van der Waals surface area contributed by atoms with Crippen molar-refractivity contribution >= 4 is 22.8 Å². The number of benzene rings is 1. The van der Waals surface area contributed by atoms with Gasteiger partial charge in [0.05, 0.1) is 24.0 Å². The number of anilines is 1. The highest BCUT2D eigenvalue weighted by atomic mass is 16.5. The second kappa shape index (κ2) is 8.96. The van der Waals surface area contributed by atoms with E-state index in [4.69, 9.17) is 10.5 Å². The van der Waals surface area contributed by atoms with Gasteiger partial charge in [-0.2, -0.15) is 0 Å². The molecule has 1 amide bonds. The van der Waals surface area contributed by atoms with E-state index in [1.165, 1.54) is 10.5 Å². The number of hydrogen-bond donors (Lipinski definition) is 2. The number of aromatic nitrogens is 3. The van der Waals surface area contributed by atoms with Crippen LogP contribution in [-0.2, 0) is 6.42 Å². The van der Waals surface area contributed by atoms with Crippen molar-refractivity contribution in [1.82, 2.24) is 24.8 Å². The summed E-state index contributed by atoms with van der Waals surface area (Å²) < 4.78 is 5.83. The number of nitrogens with zero attached hydrogens (tertiary/aromatic N) is 5. The zero-order valence-electron chi connectivity index (χ0n) is 20.5. The fraction of sp³-hybridized carbons (Fsp3) is 0.462. The fourth-order valence-electron chi connectivity index (χ4n) is 5.08. The van der Waals surface area contributed by atoms with E-state index < -0.39 is 6.09 Å². The van der Waals surface area contributed by atoms with E-state index in [-0.39, 0.29) is 5.54 Å². The molecule has 3 heterocycles. The van der Waals surface area contributed by atoms with Crippen molar-refractivity contribution in [2.45, 2.75) is 44.6 Å². The highest BCUT2D eigenvalue weighted by Crippen LogP contribution is 2.46. The van der Waals surface area contributed by atoms with Crippen molar-refractivity contribution in [2.75, 3.05) is 39.0 Å². The van der Waals surface area contributed by atoms with E-state index in [0.29, 0.717) is 44.3 Å². The van der Waals surface area contributed by atoms with Crippen molar-refractivity contribution in [1.29, 1.82) is 0 Å². The highest BCUT2D eigenvalue weighted by Gasteiger charge is 2.33. The first-order valence-electron chi connectivity index (χ1n) is 12.1. The van der Waals surface area contributed by atoms with E-state index >= 15 is 0 Å². The third-order valence-corrected chi connectivity index (χ3v) is 7.27. The van der Waals surface area contributed by atoms with Crippen LogP contribution in [0.4, 0.5) is 10.6 Å². The van der Waals surface area contributed by atoms with Crippen molar-refractivity contribution in [2.24, 2.45) is 0 Å². The fourth-order valence-corrected chi connectivity index (χ4v) is 5.08. The monoisotopic (exact) mass is 476 g/mol. The van der Waals surface area contributed by atoms with Crippen LogP contribution in [-0.4, -0.2) is 74.8 Å². The number of pyridine rings is 1. The van der Waals surface area contributed by atoms with Gasteiger partial charge in [0.15, 0.2) is 0 Å². The van der Waals surface area contributed by atoms with Gasteiger partial charge in [0.1, 0.15) is 17.9 Å². The molecule has 0 spiro atoms. The van der Waals surface area contributed by atoms with Crippen LogP contribution in [0.15, 0.2) is 30.6 Å². The van der Waals surface area contributed by atoms with Crippen molar-refractivity contribution in [3.63, 3.8) is 0 Å². The quantitative estimate of drug-likeness (QED) is 0.552. The van der Waals surface area contributed by atoms with E-state index in [0.717, 1.165) is 46.4 Å². The Kier molecular flexibility index (Phi) is 5.96. The molecule has 9 nitrogen and oxygen atoms in total. The van der Waals surface area contributed by atoms with Gasteiger partial charge in [0, 0.05) is 49.1 Å². The Bertz CT molecular complexity index is 1270. The average molecular weight is 477 g/mol. The number of nitrogens with two attached hydrogens (primary N) is 1. The van der Waals surface area contributed by atoms with Gasteiger partial charge in [-0.3, -0.25) is 4.90 Å². The average Bonchev–Trinajstić information content (AvgIpc) is 3.68. The van der Waals surface area contributed by atoms with Crippen LogP contribution in [0.1, 0.15) is 43.9 Å². The lowest BCUT2D eigenvalue weighted by Crippen LogP contribution is -2.56. The molecule has 2 fully saturated rings. The van der Waals surface area contributed by atoms with Gasteiger partial charge in [-0.1, -0.05) is 6.07 Å². The summed E-state index contributed by atoms with van der Waals surface area (Å²) in [6.07, 6.45) is 3.78. The summed E-state index contributed by atoms with van der Waals surface area (Å²) in [4.78, 5) is 29.0. The molecular weight excluding hydrogens is 444 g/mol. The third kappa shape index (κ3) is 4.60. The smallest absolute Gasteiger partial charge is 0.407 e. The summed E-state index contributed by atoms with van der Waals surface area (Å²) in [5, 5.41) is 10.2. The summed E-state index contributed by atoms with van der Waals surface area (Å²) in [5.41, 5.74) is 10.6. The number of methoxy groups -OCH3 is 1. The maximum Gasteiger partial charge on any atom is 0.407 e. The lowest BCUT2D eigenvalue weighted by molar-refractivity contribution is 0.0512. The molecule has 2 aliphatic rings. The third-order valence-electron chi connectivity index (χ3n) is 7.27. The first-order valence-corrected chi connectivity index (χ1v) is 12.1. The number of amides is 1. The summed E-state index contributed by atoms with van der Waals surface area (Å²) in [5.74, 6) is 1.72. The molecule has 0 bridgehead atoms. The van der Waals surface area contributed by atoms with Gasteiger partial charge in [-0.25, -0.2) is 19.7 Å². The zero-order chi connectivity index (χ0) is 24.7. The summed E-state index contributed by atoms with van der Waals surface area (Å²) in [6, 6.07) is 7.99. The number of carboxylic acid groups (broad SMARTS) is 1. The highest BCUT2D eigenvalue weighted by molar-refractivity contribution is 5.89. The Labute approximate surface area is 204 Å². The first-order chi connectivity index (χ1) is 16.8. The summed E-state index contributed by atoms with van der Waals surface area (Å²) in [6.45, 7) is 6.78. The van der Waals surface area contributed by atoms with E-state index in [1.807, 2.05) is 18.2 Å². The number of ether oxygens (including phenoxy) is 1. The SMILES string of the molecule is COc1cc2c(CC(C)(C)N3CCN(C(=O)O)CC3)ncnc2cc1-c1nc(N)ccc1C1CC1. The second-order valence-electron chi connectivity index (χ2n) is 10.1. The minimum atomic E-state index is -0.855. The molecule has 2 aromatic heterocycles. The minimum Gasteiger partial charge on any atom is -0.496 e. The van der Waals surface area contributed by atoms with Crippen LogP contribution in [0.2, 0.25) is 0 Å². The molecule has 0 atom stereocenters. The number of fused-ring (bicyclic) bond motifs is 1. The lowest BCUT2D eigenvalue weighted by Gasteiger charge is -2.43. The van der Waals surface area contributed by atoms with Gasteiger partial charge < -0.3 is 20.5 Å². The molecular formula is C26H32N6O3. The normalized spacial score (nSPS) is 17.1. The Morgan fingerprint density at radius 1 is 1.17 bits per heavy atom. The number of piperazine rings is 1. The zero-order valence-corrected chi connectivity index (χ0v) is 20.5. The van der Waals surface area contributed by atoms with Crippen LogP contribution in [0.25, 0.3) is 22.2 Å². The van der Waals surface area contributed by atoms with Crippen LogP contribution in [0, 0.1) is 0 Å². The maximum absolute atomic E-state index is 11.3. The predicted molar refractivity (Wildman–Crippen MR) is 135 cm³/mol. The second-order valence-corrected chi connectivity index (χ2v) is 10.1. The predicted octanol–water partition coefficient (Wildman–Crippen LogP) is 3.78. The summed E-state index contributed by atoms with van der Waals surface area (Å²) in [7, 11) is 1.67. The Balaban J connectivity index is 1.49. The van der Waals surface area contributed by atoms with Crippen molar-refractivity contribution in [3.05, 3.63) is 41.9 Å². The minimum absolute atomic E-state index is 0.202. The molecule has 1 aromatic carbocycles. The number of nitrogen functional groups attached to an aromatic ring is 1. The topological polar surface area (TPSA) is 118 Å². The van der Waals surface area contributed by atoms with E-state index in [1.54, 1.807) is 13.4 Å². The Morgan fingerprint density at radius 3 is 2.57 bits per heavy atom. The molecule has 1 saturated heterocycles. The van der Waals surface area contributed by atoms with Gasteiger partial charge in [0.25, 0.3) is 0 Å². The largest absolute Gasteiger partial charge is 0.496 e. The molecule has 3 aromatic rings. The summed E-state index contributed by atoms with van der Waals surface area (Å²) >= 11 is 0. The van der Waals surface area contributed by atoms with Gasteiger partial charge in [-0.05, 0) is 56.4 Å². The molecule has 0 unspecified atom stereocenters. The standard InChI is InChI=1S/C26H32N6O3/c1-26(2,32-10-8-31(9-11-32)25(33)34)14-21-18-13-22(35-3)19(12-20(18)28-15-29-21)24-17(16-4-5-16)6-7-23(27)30-24/h6-7,12-13,15-16H,4-5,8-11,14H2,1-3H3,(H2,27,30)(H,33,34). The van der Waals surface area contributed by atoms with E-state index in [9.17, 15) is 9.90 Å². The Hall–Kier alpha value is -3.46. The molecule has 184 valence electrons. The van der Waals surface area contributed by atoms with Gasteiger partial charge >= 0.3 is 6.09 Å². The molecule has 0 radical (unpaired) electrons. The molecule has 3 N–H and O–H groups in total. The number of rotatable bonds is 6. The van der Waals surface area contributed by atoms with E-state index in [2.05, 4.69) is 39.8 Å². The van der Waals surface area contributed by atoms with Crippen LogP contribution in [0.5, 0.6) is 5.75 Å². The molecule has 1 aliphatic carbocycles. The van der Waals surface area contributed by atoms with Crippen LogP contribution >= 0.6 is 0 Å². The van der Waals surface area contributed by atoms with Crippen LogP contribution < -0.4 is 10.5 Å².